The van der Waals surface area contributed by atoms with E-state index in [0.29, 0.717) is 6.54 Å². The van der Waals surface area contributed by atoms with Crippen molar-refractivity contribution >= 4 is 23.3 Å². The number of quaternary nitrogens is 2. The maximum absolute atomic E-state index is 12.3. The van der Waals surface area contributed by atoms with Gasteiger partial charge in [0.05, 0.1) is 12.6 Å². The Morgan fingerprint density at radius 2 is 1.85 bits per heavy atom. The average molecular weight is 372 g/mol. The molecule has 1 atom stereocenters. The van der Waals surface area contributed by atoms with Crippen molar-refractivity contribution < 1.29 is 14.6 Å². The minimum Gasteiger partial charge on any atom is -0.344 e. The number of nitrogens with one attached hydrogen (secondary N) is 3. The molecule has 2 heterocycles. The average Bonchev–Trinajstić information content (AvgIpc) is 3.19. The second kappa shape index (κ2) is 9.67. The highest BCUT2D eigenvalue weighted by atomic mass is 32.1. The van der Waals surface area contributed by atoms with Crippen LogP contribution in [0.1, 0.15) is 23.4 Å². The summed E-state index contributed by atoms with van der Waals surface area (Å²) in [5.41, 5.74) is 1.26. The number of carbonyl (C=O) groups is 1. The number of hydrogen-bond acceptors (Lipinski definition) is 2. The van der Waals surface area contributed by atoms with E-state index in [1.165, 1.54) is 15.3 Å². The van der Waals surface area contributed by atoms with Crippen LogP contribution in [0.5, 0.6) is 0 Å². The lowest BCUT2D eigenvalue weighted by atomic mass is 10.2. The van der Waals surface area contributed by atoms with Crippen molar-refractivity contribution in [2.45, 2.75) is 13.0 Å². The summed E-state index contributed by atoms with van der Waals surface area (Å²) in [6.45, 7) is 8.09. The Labute approximate surface area is 160 Å². The summed E-state index contributed by atoms with van der Waals surface area (Å²) in [7, 11) is 0. The third kappa shape index (κ3) is 5.80. The summed E-state index contributed by atoms with van der Waals surface area (Å²) in [5.74, 6) is 0.160. The Hall–Kier alpha value is -1.95. The first-order chi connectivity index (χ1) is 12.7. The van der Waals surface area contributed by atoms with Crippen molar-refractivity contribution in [2.24, 2.45) is 0 Å². The van der Waals surface area contributed by atoms with Gasteiger partial charge in [-0.25, -0.2) is 0 Å². The first kappa shape index (κ1) is 18.8. The van der Waals surface area contributed by atoms with Crippen molar-refractivity contribution in [2.75, 3.05) is 39.3 Å². The number of amides is 1. The predicted octanol–water partition coefficient (Wildman–Crippen LogP) is 0.422. The van der Waals surface area contributed by atoms with Crippen LogP contribution in [0.15, 0.2) is 53.9 Å². The third-order valence-electron chi connectivity index (χ3n) is 4.94. The molecule has 138 valence electrons. The smallest absolute Gasteiger partial charge is 0.275 e. The van der Waals surface area contributed by atoms with Crippen LogP contribution < -0.4 is 15.1 Å². The zero-order valence-corrected chi connectivity index (χ0v) is 16.2. The van der Waals surface area contributed by atoms with Crippen LogP contribution in [-0.4, -0.2) is 45.2 Å². The van der Waals surface area contributed by atoms with Gasteiger partial charge in [0.1, 0.15) is 26.2 Å². The van der Waals surface area contributed by atoms with E-state index < -0.39 is 0 Å². The maximum atomic E-state index is 12.3. The van der Waals surface area contributed by atoms with Gasteiger partial charge in [-0.15, -0.1) is 11.3 Å². The first-order valence-electron chi connectivity index (χ1n) is 9.42. The van der Waals surface area contributed by atoms with Gasteiger partial charge in [-0.05, 0) is 30.0 Å². The van der Waals surface area contributed by atoms with Gasteiger partial charge in [0.25, 0.3) is 5.91 Å². The number of piperazine rings is 1. The van der Waals surface area contributed by atoms with E-state index in [1.807, 2.05) is 12.1 Å². The molecule has 0 spiro atoms. The number of carbonyl (C=O) groups excluding carboxylic acids is 1. The molecule has 5 heteroatoms. The molecule has 3 rings (SSSR count). The quantitative estimate of drug-likeness (QED) is 0.649. The van der Waals surface area contributed by atoms with Crippen LogP contribution in [0.3, 0.4) is 0 Å². The van der Waals surface area contributed by atoms with Gasteiger partial charge in [-0.2, -0.15) is 0 Å². The van der Waals surface area contributed by atoms with E-state index in [2.05, 4.69) is 60.1 Å². The summed E-state index contributed by atoms with van der Waals surface area (Å²) in [5, 5.41) is 5.18. The molecule has 3 N–H and O–H groups in total. The fraction of sp³-hybridized carbons (Fsp3) is 0.381. The molecule has 0 saturated carbocycles. The Balaban J connectivity index is 1.35. The van der Waals surface area contributed by atoms with Crippen molar-refractivity contribution in [3.8, 4) is 0 Å². The third-order valence-corrected chi connectivity index (χ3v) is 5.99. The Bertz CT molecular complexity index is 691. The van der Waals surface area contributed by atoms with E-state index in [4.69, 9.17) is 0 Å². The minimum absolute atomic E-state index is 0.108. The lowest BCUT2D eigenvalue weighted by Gasteiger charge is -2.29. The lowest BCUT2D eigenvalue weighted by molar-refractivity contribution is -1.01. The lowest BCUT2D eigenvalue weighted by Crippen LogP contribution is -3.28. The summed E-state index contributed by atoms with van der Waals surface area (Å²) >= 11 is 1.69. The summed E-state index contributed by atoms with van der Waals surface area (Å²) in [4.78, 5) is 16.5. The van der Waals surface area contributed by atoms with Crippen LogP contribution in [0, 0.1) is 0 Å². The maximum Gasteiger partial charge on any atom is 0.275 e. The number of thiophene rings is 1. The predicted molar refractivity (Wildman–Crippen MR) is 107 cm³/mol. The largest absolute Gasteiger partial charge is 0.344 e. The fourth-order valence-electron chi connectivity index (χ4n) is 3.39. The van der Waals surface area contributed by atoms with Crippen LogP contribution >= 0.6 is 11.3 Å². The standard InChI is InChI=1S/C21H27N3OS/c1-18(20-10-6-16-26-20)22-21(25)17-24-14-12-23(13-15-24)11-5-9-19-7-3-2-4-8-19/h2-10,16,18H,11-15,17H2,1H3,(H,22,25)/p+2/b9-5+/t18-/m1/s1. The zero-order chi connectivity index (χ0) is 18.2. The van der Waals surface area contributed by atoms with Crippen LogP contribution in [0.25, 0.3) is 6.08 Å². The molecule has 26 heavy (non-hydrogen) atoms. The topological polar surface area (TPSA) is 38.0 Å². The van der Waals surface area contributed by atoms with Gasteiger partial charge in [0, 0.05) is 4.88 Å². The summed E-state index contributed by atoms with van der Waals surface area (Å²) in [6.07, 6.45) is 4.47. The Kier molecular flexibility index (Phi) is 7.00. The molecule has 0 bridgehead atoms. The Morgan fingerprint density at radius 3 is 2.54 bits per heavy atom. The van der Waals surface area contributed by atoms with E-state index in [9.17, 15) is 4.79 Å². The van der Waals surface area contributed by atoms with Crippen molar-refractivity contribution in [1.82, 2.24) is 5.32 Å². The van der Waals surface area contributed by atoms with Crippen molar-refractivity contribution in [1.29, 1.82) is 0 Å². The molecule has 4 nitrogen and oxygen atoms in total. The molecule has 2 aromatic rings. The molecule has 1 aromatic carbocycles. The minimum atomic E-state index is 0.108. The van der Waals surface area contributed by atoms with E-state index in [-0.39, 0.29) is 11.9 Å². The van der Waals surface area contributed by atoms with Gasteiger partial charge in [0.2, 0.25) is 0 Å². The van der Waals surface area contributed by atoms with Crippen molar-refractivity contribution in [3.05, 3.63) is 64.4 Å². The highest BCUT2D eigenvalue weighted by Gasteiger charge is 2.24. The van der Waals surface area contributed by atoms with Gasteiger partial charge in [0.15, 0.2) is 6.54 Å². The molecule has 1 amide bonds. The molecule has 0 radical (unpaired) electrons. The van der Waals surface area contributed by atoms with Gasteiger partial charge in [-0.1, -0.05) is 42.5 Å². The number of hydrogen-bond donors (Lipinski definition) is 3. The molecular weight excluding hydrogens is 342 g/mol. The zero-order valence-electron chi connectivity index (χ0n) is 15.4. The monoisotopic (exact) mass is 371 g/mol. The molecule has 1 aliphatic rings. The number of rotatable bonds is 7. The Morgan fingerprint density at radius 1 is 1.12 bits per heavy atom. The van der Waals surface area contributed by atoms with Crippen molar-refractivity contribution in [3.63, 3.8) is 0 Å². The highest BCUT2D eigenvalue weighted by Crippen LogP contribution is 2.17. The van der Waals surface area contributed by atoms with Crippen LogP contribution in [0.4, 0.5) is 0 Å². The summed E-state index contributed by atoms with van der Waals surface area (Å²) in [6, 6.07) is 14.7. The normalized spacial score (nSPS) is 21.6. The fourth-order valence-corrected chi connectivity index (χ4v) is 4.13. The van der Waals surface area contributed by atoms with Crippen LogP contribution in [-0.2, 0) is 4.79 Å². The summed E-state index contributed by atoms with van der Waals surface area (Å²) < 4.78 is 0. The second-order valence-corrected chi connectivity index (χ2v) is 7.98. The first-order valence-corrected chi connectivity index (χ1v) is 10.3. The molecule has 0 aliphatic carbocycles. The molecule has 1 aliphatic heterocycles. The highest BCUT2D eigenvalue weighted by molar-refractivity contribution is 7.10. The van der Waals surface area contributed by atoms with Gasteiger partial charge < -0.3 is 15.1 Å². The van der Waals surface area contributed by atoms with E-state index >= 15 is 0 Å². The molecular formula is C21H29N3OS+2. The molecule has 1 saturated heterocycles. The van der Waals surface area contributed by atoms with E-state index in [1.54, 1.807) is 16.2 Å². The molecule has 1 fully saturated rings. The SMILES string of the molecule is C[C@@H](NC(=O)C[NH+]1CC[NH+](C/C=C/c2ccccc2)CC1)c1cccs1. The van der Waals surface area contributed by atoms with E-state index in [0.717, 1.165) is 32.7 Å². The van der Waals surface area contributed by atoms with Gasteiger partial charge >= 0.3 is 0 Å². The second-order valence-electron chi connectivity index (χ2n) is 7.00. The number of benzene rings is 1. The van der Waals surface area contributed by atoms with Crippen LogP contribution in [0.2, 0.25) is 0 Å². The van der Waals surface area contributed by atoms with Gasteiger partial charge in [-0.3, -0.25) is 4.79 Å². The molecule has 0 unspecified atom stereocenters. The molecule has 1 aromatic heterocycles.